The third-order valence-corrected chi connectivity index (χ3v) is 2.80. The second kappa shape index (κ2) is 4.72. The van der Waals surface area contributed by atoms with Crippen LogP contribution in [0.2, 0.25) is 0 Å². The maximum Gasteiger partial charge on any atom is 0.292 e. The predicted octanol–water partition coefficient (Wildman–Crippen LogP) is 3.36. The SMILES string of the molecule is COc1ccc(C)cc1-c1nc(N)oc1C(C)C. The van der Waals surface area contributed by atoms with Gasteiger partial charge in [0, 0.05) is 11.5 Å². The first-order valence-corrected chi connectivity index (χ1v) is 5.94. The number of ether oxygens (including phenoxy) is 1. The number of nitrogens with two attached hydrogens (primary N) is 1. The van der Waals surface area contributed by atoms with Crippen molar-refractivity contribution in [2.75, 3.05) is 12.8 Å². The maximum atomic E-state index is 5.67. The van der Waals surface area contributed by atoms with Gasteiger partial charge >= 0.3 is 0 Å². The van der Waals surface area contributed by atoms with Gasteiger partial charge in [-0.15, -0.1) is 0 Å². The number of nitrogen functional groups attached to an aromatic ring is 1. The maximum absolute atomic E-state index is 5.67. The Morgan fingerprint density at radius 3 is 2.67 bits per heavy atom. The lowest BCUT2D eigenvalue weighted by Gasteiger charge is -2.09. The zero-order chi connectivity index (χ0) is 13.3. The van der Waals surface area contributed by atoms with Gasteiger partial charge in [-0.25, -0.2) is 0 Å². The molecule has 2 rings (SSSR count). The molecule has 0 saturated heterocycles. The number of aromatic nitrogens is 1. The summed E-state index contributed by atoms with van der Waals surface area (Å²) in [4.78, 5) is 4.28. The van der Waals surface area contributed by atoms with E-state index in [1.54, 1.807) is 7.11 Å². The predicted molar refractivity (Wildman–Crippen MR) is 71.7 cm³/mol. The van der Waals surface area contributed by atoms with E-state index in [4.69, 9.17) is 14.9 Å². The number of rotatable bonds is 3. The Morgan fingerprint density at radius 2 is 2.06 bits per heavy atom. The Kier molecular flexibility index (Phi) is 3.28. The molecule has 4 heteroatoms. The molecule has 0 saturated carbocycles. The van der Waals surface area contributed by atoms with Crippen molar-refractivity contribution in [1.29, 1.82) is 0 Å². The van der Waals surface area contributed by atoms with Crippen LogP contribution in [0, 0.1) is 6.92 Å². The number of aryl methyl sites for hydroxylation is 1. The summed E-state index contributed by atoms with van der Waals surface area (Å²) in [6.07, 6.45) is 0. The number of hydrogen-bond acceptors (Lipinski definition) is 4. The minimum Gasteiger partial charge on any atom is -0.496 e. The van der Waals surface area contributed by atoms with Crippen molar-refractivity contribution < 1.29 is 9.15 Å². The van der Waals surface area contributed by atoms with Crippen molar-refractivity contribution in [2.45, 2.75) is 26.7 Å². The minimum atomic E-state index is 0.192. The zero-order valence-electron chi connectivity index (χ0n) is 11.2. The molecule has 0 radical (unpaired) electrons. The fraction of sp³-hybridized carbons (Fsp3) is 0.357. The van der Waals surface area contributed by atoms with Gasteiger partial charge in [-0.1, -0.05) is 25.5 Å². The summed E-state index contributed by atoms with van der Waals surface area (Å²) in [5.41, 5.74) is 8.49. The Morgan fingerprint density at radius 1 is 1.33 bits per heavy atom. The molecule has 0 unspecified atom stereocenters. The molecule has 0 aliphatic rings. The van der Waals surface area contributed by atoms with E-state index in [0.717, 1.165) is 28.3 Å². The average Bonchev–Trinajstić information content (AvgIpc) is 2.71. The molecular weight excluding hydrogens is 228 g/mol. The van der Waals surface area contributed by atoms with Gasteiger partial charge in [0.2, 0.25) is 0 Å². The third-order valence-electron chi connectivity index (χ3n) is 2.80. The van der Waals surface area contributed by atoms with Crippen molar-refractivity contribution in [3.05, 3.63) is 29.5 Å². The molecule has 0 bridgehead atoms. The number of benzene rings is 1. The van der Waals surface area contributed by atoms with E-state index in [1.165, 1.54) is 0 Å². The molecule has 0 aliphatic heterocycles. The van der Waals surface area contributed by atoms with Crippen molar-refractivity contribution in [1.82, 2.24) is 4.98 Å². The molecule has 2 aromatic rings. The summed E-state index contributed by atoms with van der Waals surface area (Å²) in [6, 6.07) is 6.15. The van der Waals surface area contributed by atoms with Crippen LogP contribution in [0.15, 0.2) is 22.6 Å². The van der Waals surface area contributed by atoms with Gasteiger partial charge in [0.15, 0.2) is 0 Å². The highest BCUT2D eigenvalue weighted by atomic mass is 16.5. The number of oxazole rings is 1. The van der Waals surface area contributed by atoms with Gasteiger partial charge < -0.3 is 14.9 Å². The molecule has 18 heavy (non-hydrogen) atoms. The third kappa shape index (κ3) is 2.18. The lowest BCUT2D eigenvalue weighted by molar-refractivity contribution is 0.416. The van der Waals surface area contributed by atoms with Crippen molar-refractivity contribution in [3.8, 4) is 17.0 Å². The average molecular weight is 246 g/mol. The summed E-state index contributed by atoms with van der Waals surface area (Å²) in [5.74, 6) is 1.78. The van der Waals surface area contributed by atoms with E-state index in [-0.39, 0.29) is 11.9 Å². The van der Waals surface area contributed by atoms with Crippen molar-refractivity contribution in [3.63, 3.8) is 0 Å². The van der Waals surface area contributed by atoms with Crippen LogP contribution in [0.5, 0.6) is 5.75 Å². The number of nitrogens with zero attached hydrogens (tertiary/aromatic N) is 1. The van der Waals surface area contributed by atoms with Crippen LogP contribution in [0.3, 0.4) is 0 Å². The smallest absolute Gasteiger partial charge is 0.292 e. The molecular formula is C14H18N2O2. The molecule has 4 nitrogen and oxygen atoms in total. The monoisotopic (exact) mass is 246 g/mol. The molecule has 0 fully saturated rings. The van der Waals surface area contributed by atoms with E-state index in [9.17, 15) is 0 Å². The lowest BCUT2D eigenvalue weighted by atomic mass is 10.0. The van der Waals surface area contributed by atoms with Gasteiger partial charge in [-0.2, -0.15) is 4.98 Å². The summed E-state index contributed by atoms with van der Waals surface area (Å²) < 4.78 is 10.9. The number of methoxy groups -OCH3 is 1. The largest absolute Gasteiger partial charge is 0.496 e. The van der Waals surface area contributed by atoms with Crippen molar-refractivity contribution in [2.24, 2.45) is 0 Å². The van der Waals surface area contributed by atoms with Gasteiger partial charge in [0.05, 0.1) is 7.11 Å². The first-order chi connectivity index (χ1) is 8.52. The van der Waals surface area contributed by atoms with E-state index in [0.29, 0.717) is 0 Å². The number of anilines is 1. The Balaban J connectivity index is 2.64. The quantitative estimate of drug-likeness (QED) is 0.902. The van der Waals surface area contributed by atoms with Gasteiger partial charge in [-0.3, -0.25) is 0 Å². The van der Waals surface area contributed by atoms with E-state index in [2.05, 4.69) is 4.98 Å². The lowest BCUT2D eigenvalue weighted by Crippen LogP contribution is -1.93. The highest BCUT2D eigenvalue weighted by Crippen LogP contribution is 2.36. The number of hydrogen-bond donors (Lipinski definition) is 1. The molecule has 0 aliphatic carbocycles. The van der Waals surface area contributed by atoms with E-state index >= 15 is 0 Å². The van der Waals surface area contributed by atoms with Gasteiger partial charge in [-0.05, 0) is 19.1 Å². The highest BCUT2D eigenvalue weighted by Gasteiger charge is 2.19. The Hall–Kier alpha value is -1.97. The summed E-state index contributed by atoms with van der Waals surface area (Å²) in [5, 5.41) is 0. The molecule has 0 amide bonds. The molecule has 0 spiro atoms. The van der Waals surface area contributed by atoms with E-state index < -0.39 is 0 Å². The second-order valence-corrected chi connectivity index (χ2v) is 4.62. The van der Waals surface area contributed by atoms with Crippen LogP contribution in [0.1, 0.15) is 31.1 Å². The van der Waals surface area contributed by atoms with Crippen LogP contribution in [-0.2, 0) is 0 Å². The van der Waals surface area contributed by atoms with Crippen LogP contribution in [0.4, 0.5) is 6.01 Å². The first kappa shape index (κ1) is 12.5. The van der Waals surface area contributed by atoms with Gasteiger partial charge in [0.25, 0.3) is 6.01 Å². The standard InChI is InChI=1S/C14H18N2O2/c1-8(2)13-12(16-14(15)18-13)10-7-9(3)5-6-11(10)17-4/h5-8H,1-4H3,(H2,15,16). The fourth-order valence-electron chi connectivity index (χ4n) is 1.94. The molecule has 96 valence electrons. The summed E-state index contributed by atoms with van der Waals surface area (Å²) in [6.45, 7) is 6.12. The topological polar surface area (TPSA) is 61.3 Å². The molecule has 1 aromatic carbocycles. The first-order valence-electron chi connectivity index (χ1n) is 5.94. The minimum absolute atomic E-state index is 0.192. The van der Waals surface area contributed by atoms with Crippen molar-refractivity contribution >= 4 is 6.01 Å². The molecule has 2 N–H and O–H groups in total. The fourth-order valence-corrected chi connectivity index (χ4v) is 1.94. The van der Waals surface area contributed by atoms with E-state index in [1.807, 2.05) is 39.0 Å². The molecule has 0 atom stereocenters. The van der Waals surface area contributed by atoms with Crippen LogP contribution < -0.4 is 10.5 Å². The Labute approximate surface area is 107 Å². The van der Waals surface area contributed by atoms with Crippen LogP contribution in [-0.4, -0.2) is 12.1 Å². The normalized spacial score (nSPS) is 10.9. The van der Waals surface area contributed by atoms with Crippen LogP contribution >= 0.6 is 0 Å². The molecule has 1 aromatic heterocycles. The summed E-state index contributed by atoms with van der Waals surface area (Å²) >= 11 is 0. The Bertz CT molecular complexity index is 559. The highest BCUT2D eigenvalue weighted by molar-refractivity contribution is 5.70. The summed E-state index contributed by atoms with van der Waals surface area (Å²) in [7, 11) is 1.65. The van der Waals surface area contributed by atoms with Crippen LogP contribution in [0.25, 0.3) is 11.3 Å². The second-order valence-electron chi connectivity index (χ2n) is 4.62. The zero-order valence-corrected chi connectivity index (χ0v) is 11.2. The molecule has 1 heterocycles. The van der Waals surface area contributed by atoms with Gasteiger partial charge in [0.1, 0.15) is 17.2 Å².